The van der Waals surface area contributed by atoms with Gasteiger partial charge in [-0.05, 0) is 76.2 Å². The van der Waals surface area contributed by atoms with Gasteiger partial charge in [0.1, 0.15) is 38.7 Å². The molecular formula is C62H39BCl2N4O5. The van der Waals surface area contributed by atoms with Crippen LogP contribution in [0.25, 0.3) is 122 Å². The molecule has 5 heterocycles. The molecule has 9 nitrogen and oxygen atoms in total. The van der Waals surface area contributed by atoms with Crippen LogP contribution in [0.5, 0.6) is 0 Å². The number of fused-ring (bicyclic) bond motifs is 9. The lowest BCUT2D eigenvalue weighted by molar-refractivity contribution is 0.426. The van der Waals surface area contributed by atoms with Crippen molar-refractivity contribution in [3.8, 4) is 56.0 Å². The zero-order chi connectivity index (χ0) is 50.1. The first-order valence-corrected chi connectivity index (χ1v) is 24.4. The monoisotopic (exact) mass is 1000 g/mol. The van der Waals surface area contributed by atoms with Gasteiger partial charge in [0.25, 0.3) is 0 Å². The summed E-state index contributed by atoms with van der Waals surface area (Å²) < 4.78 is 18.6. The number of benzene rings is 9. The smallest absolute Gasteiger partial charge is 0.455 e. The molecule has 0 bridgehead atoms. The number of hydrogen-bond donors (Lipinski definition) is 2. The molecule has 0 fully saturated rings. The van der Waals surface area contributed by atoms with Gasteiger partial charge in [0.05, 0.1) is 5.69 Å². The molecule has 0 radical (unpaired) electrons. The van der Waals surface area contributed by atoms with Gasteiger partial charge in [-0.25, -0.2) is 19.9 Å². The Hall–Kier alpha value is -8.90. The quantitative estimate of drug-likeness (QED) is 0.0949. The van der Waals surface area contributed by atoms with Crippen LogP contribution in [0.2, 0.25) is 10.4 Å². The maximum absolute atomic E-state index is 9.35. The predicted molar refractivity (Wildman–Crippen MR) is 299 cm³/mol. The van der Waals surface area contributed by atoms with E-state index in [1.807, 2.05) is 103 Å². The SMILES string of the molecule is Clc1ccnc(Cl)n1.OB(O)c1cccc(-c2cccc3c2oc2ccccc23)c1.c1cc(-c2ccnc(-c3cccc(-c4cccc5c4oc4ccccc45)c3)n2)cc(-c2cccc3c2oc2ccccc23)c1. The van der Waals surface area contributed by atoms with E-state index in [2.05, 4.69) is 112 Å². The molecule has 0 aliphatic carbocycles. The van der Waals surface area contributed by atoms with E-state index >= 15 is 0 Å². The van der Waals surface area contributed by atoms with E-state index in [1.54, 1.807) is 18.2 Å². The predicted octanol–water partition coefficient (Wildman–Crippen LogP) is 15.7. The molecule has 0 aliphatic heterocycles. The van der Waals surface area contributed by atoms with Crippen molar-refractivity contribution < 1.29 is 23.3 Å². The Morgan fingerprint density at radius 2 is 0.784 bits per heavy atom. The van der Waals surface area contributed by atoms with Crippen molar-refractivity contribution in [3.63, 3.8) is 0 Å². The highest BCUT2D eigenvalue weighted by Crippen LogP contribution is 2.39. The van der Waals surface area contributed by atoms with Gasteiger partial charge in [0.2, 0.25) is 5.28 Å². The Morgan fingerprint density at radius 3 is 1.27 bits per heavy atom. The van der Waals surface area contributed by atoms with Crippen LogP contribution < -0.4 is 5.46 Å². The van der Waals surface area contributed by atoms with Crippen LogP contribution in [0.3, 0.4) is 0 Å². The summed E-state index contributed by atoms with van der Waals surface area (Å²) >= 11 is 10.7. The third-order valence-electron chi connectivity index (χ3n) is 12.9. The zero-order valence-electron chi connectivity index (χ0n) is 39.1. The third-order valence-corrected chi connectivity index (χ3v) is 13.3. The molecule has 0 atom stereocenters. The fourth-order valence-corrected chi connectivity index (χ4v) is 9.76. The standard InChI is InChI=1S/C40H24N2O2.C18H13BO3.C4H2Cl2N2/c1-3-19-36-31(13-1)33-17-7-15-29(38(33)43-36)25-9-5-11-27(23-25)35-21-22-41-40(42-35)28-12-6-10-26(24-28)30-16-8-18-34-32-14-2-4-20-37(32)44-39(30)34;20-19(21)13-6-3-5-12(11-13)14-8-4-9-16-15-7-1-2-10-17(15)22-18(14)16;5-3-1-2-7-4(6)8-3/h1-24H;1-11,20-21H;1-2H. The Bertz CT molecular complexity index is 4190. The molecule has 0 unspecified atom stereocenters. The van der Waals surface area contributed by atoms with E-state index in [-0.39, 0.29) is 5.28 Å². The van der Waals surface area contributed by atoms with Crippen molar-refractivity contribution in [2.24, 2.45) is 0 Å². The van der Waals surface area contributed by atoms with E-state index in [0.29, 0.717) is 16.4 Å². The largest absolute Gasteiger partial charge is 0.488 e. The lowest BCUT2D eigenvalue weighted by Gasteiger charge is -2.09. The lowest BCUT2D eigenvalue weighted by Crippen LogP contribution is -2.29. The van der Waals surface area contributed by atoms with Crippen LogP contribution in [0.1, 0.15) is 0 Å². The van der Waals surface area contributed by atoms with Gasteiger partial charge >= 0.3 is 7.12 Å². The first kappa shape index (κ1) is 46.2. The lowest BCUT2D eigenvalue weighted by atomic mass is 9.79. The maximum Gasteiger partial charge on any atom is 0.488 e. The summed E-state index contributed by atoms with van der Waals surface area (Å²) in [4.78, 5) is 16.9. The van der Waals surface area contributed by atoms with E-state index in [0.717, 1.165) is 116 Å². The van der Waals surface area contributed by atoms with Gasteiger partial charge in [-0.1, -0.05) is 181 Å². The van der Waals surface area contributed by atoms with Gasteiger partial charge in [-0.15, -0.1) is 0 Å². The summed E-state index contributed by atoms with van der Waals surface area (Å²) in [6.45, 7) is 0. The molecule has 0 aliphatic rings. The highest BCUT2D eigenvalue weighted by atomic mass is 35.5. The Kier molecular flexibility index (Phi) is 12.5. The topological polar surface area (TPSA) is 131 Å². The minimum absolute atomic E-state index is 0.178. The molecule has 0 amide bonds. The van der Waals surface area contributed by atoms with Crippen molar-refractivity contribution in [1.29, 1.82) is 0 Å². The van der Waals surface area contributed by atoms with E-state index in [9.17, 15) is 10.0 Å². The Labute approximate surface area is 433 Å². The number of furan rings is 3. The molecule has 14 aromatic rings. The van der Waals surface area contributed by atoms with Crippen LogP contribution in [0, 0.1) is 0 Å². The molecule has 2 N–H and O–H groups in total. The molecule has 0 spiro atoms. The first-order chi connectivity index (χ1) is 36.3. The minimum Gasteiger partial charge on any atom is -0.455 e. The average molecular weight is 1000 g/mol. The summed E-state index contributed by atoms with van der Waals surface area (Å²) in [5.74, 6) is 0.672. The number of para-hydroxylation sites is 6. The fraction of sp³-hybridized carbons (Fsp3) is 0. The van der Waals surface area contributed by atoms with Gasteiger partial charge in [0, 0.05) is 72.5 Å². The second kappa shape index (κ2) is 20.0. The molecular weight excluding hydrogens is 962 g/mol. The van der Waals surface area contributed by atoms with E-state index in [4.69, 9.17) is 41.4 Å². The van der Waals surface area contributed by atoms with Gasteiger partial charge < -0.3 is 23.3 Å². The summed E-state index contributed by atoms with van der Waals surface area (Å²) in [5, 5.41) is 25.9. The summed E-state index contributed by atoms with van der Waals surface area (Å²) in [6.07, 6.45) is 3.33. The average Bonchev–Trinajstić information content (AvgIpc) is 4.15. The van der Waals surface area contributed by atoms with Gasteiger partial charge in [-0.3, -0.25) is 0 Å². The summed E-state index contributed by atoms with van der Waals surface area (Å²) in [6, 6.07) is 70.5. The minimum atomic E-state index is -1.48. The Morgan fingerprint density at radius 1 is 0.365 bits per heavy atom. The molecule has 0 saturated carbocycles. The normalized spacial score (nSPS) is 11.2. The van der Waals surface area contributed by atoms with Crippen molar-refractivity contribution >= 4 is 102 Å². The van der Waals surface area contributed by atoms with Crippen molar-refractivity contribution in [2.75, 3.05) is 0 Å². The van der Waals surface area contributed by atoms with E-state index < -0.39 is 7.12 Å². The molecule has 74 heavy (non-hydrogen) atoms. The summed E-state index contributed by atoms with van der Waals surface area (Å²) in [5.41, 5.74) is 14.6. The first-order valence-electron chi connectivity index (χ1n) is 23.7. The van der Waals surface area contributed by atoms with Gasteiger partial charge in [-0.2, -0.15) is 0 Å². The maximum atomic E-state index is 9.35. The van der Waals surface area contributed by atoms with Crippen LogP contribution >= 0.6 is 23.2 Å². The van der Waals surface area contributed by atoms with Crippen LogP contribution in [-0.4, -0.2) is 37.1 Å². The highest BCUT2D eigenvalue weighted by Gasteiger charge is 2.17. The highest BCUT2D eigenvalue weighted by molar-refractivity contribution is 6.58. The number of nitrogens with zero attached hydrogens (tertiary/aromatic N) is 4. The number of aromatic nitrogens is 4. The van der Waals surface area contributed by atoms with Crippen molar-refractivity contribution in [1.82, 2.24) is 19.9 Å². The molecule has 12 heteroatoms. The summed E-state index contributed by atoms with van der Waals surface area (Å²) in [7, 11) is -1.48. The van der Waals surface area contributed by atoms with Crippen LogP contribution in [0.4, 0.5) is 0 Å². The second-order valence-corrected chi connectivity index (χ2v) is 18.1. The third kappa shape index (κ3) is 9.04. The fourth-order valence-electron chi connectivity index (χ4n) is 9.44. The zero-order valence-corrected chi connectivity index (χ0v) is 40.6. The van der Waals surface area contributed by atoms with Crippen molar-refractivity contribution in [2.45, 2.75) is 0 Å². The molecule has 14 rings (SSSR count). The molecule has 5 aromatic heterocycles. The van der Waals surface area contributed by atoms with Crippen LogP contribution in [0.15, 0.2) is 238 Å². The molecule has 354 valence electrons. The molecule has 9 aromatic carbocycles. The van der Waals surface area contributed by atoms with Crippen LogP contribution in [-0.2, 0) is 0 Å². The van der Waals surface area contributed by atoms with Gasteiger partial charge in [0.15, 0.2) is 5.82 Å². The number of hydrogen-bond acceptors (Lipinski definition) is 9. The molecule has 0 saturated heterocycles. The number of halogens is 2. The second-order valence-electron chi connectivity index (χ2n) is 17.4. The van der Waals surface area contributed by atoms with Crippen molar-refractivity contribution in [3.05, 3.63) is 235 Å². The van der Waals surface area contributed by atoms with E-state index in [1.165, 1.54) is 6.20 Å². The number of rotatable bonds is 6. The Balaban J connectivity index is 0.000000153.